The van der Waals surface area contributed by atoms with Crippen molar-refractivity contribution in [1.82, 2.24) is 4.90 Å². The topological polar surface area (TPSA) is 105 Å². The third-order valence-electron chi connectivity index (χ3n) is 4.33. The average Bonchev–Trinajstić information content (AvgIpc) is 2.35. The first-order chi connectivity index (χ1) is 10.3. The van der Waals surface area contributed by atoms with E-state index in [0.717, 1.165) is 32.0 Å². The van der Waals surface area contributed by atoms with Crippen molar-refractivity contribution in [2.45, 2.75) is 76.5 Å². The first-order valence-corrected chi connectivity index (χ1v) is 11.2. The van der Waals surface area contributed by atoms with Crippen LogP contribution in [0, 0.1) is 0 Å². The summed E-state index contributed by atoms with van der Waals surface area (Å²) in [7, 11) is -0.0802. The molecule has 0 aliphatic carbocycles. The highest BCUT2D eigenvalue weighted by Crippen LogP contribution is 2.28. The maximum absolute atomic E-state index is 9.35. The van der Waals surface area contributed by atoms with Gasteiger partial charge in [-0.25, -0.2) is 0 Å². The predicted octanol–water partition coefficient (Wildman–Crippen LogP) is 1.00. The van der Waals surface area contributed by atoms with Crippen LogP contribution in [-0.2, 0) is 4.43 Å². The second-order valence-electron chi connectivity index (χ2n) is 8.04. The van der Waals surface area contributed by atoms with E-state index in [2.05, 4.69) is 18.5 Å². The second kappa shape index (κ2) is 9.46. The zero-order valence-corrected chi connectivity index (χ0v) is 16.9. The lowest BCUT2D eigenvalue weighted by molar-refractivity contribution is 0.0841. The van der Waals surface area contributed by atoms with Gasteiger partial charge in [0.25, 0.3) is 0 Å². The minimum Gasteiger partial charge on any atom is -0.398 e. The van der Waals surface area contributed by atoms with Crippen molar-refractivity contribution >= 4 is 8.32 Å². The minimum absolute atomic E-state index is 0.161. The minimum atomic E-state index is -2.16. The molecule has 6 nitrogen and oxygen atoms in total. The lowest BCUT2D eigenvalue weighted by Gasteiger charge is -2.43. The number of rotatable bonds is 12. The molecule has 0 spiro atoms. The standard InChI is InChI=1S/C16H39N3O3Si/c1-15(2,17)22-23(6,16(3,4)18)12-8-11-19(5)10-7-9-14(21)13-20/h14,20-21H,7-13,17-18H2,1-6H3. The van der Waals surface area contributed by atoms with Crippen LogP contribution < -0.4 is 11.5 Å². The van der Waals surface area contributed by atoms with Gasteiger partial charge in [-0.05, 0) is 79.7 Å². The third-order valence-corrected chi connectivity index (χ3v) is 9.34. The van der Waals surface area contributed by atoms with Crippen molar-refractivity contribution in [2.75, 3.05) is 26.7 Å². The molecule has 0 rings (SSSR count). The quantitative estimate of drug-likeness (QED) is 0.309. The highest BCUT2D eigenvalue weighted by Gasteiger charge is 2.44. The summed E-state index contributed by atoms with van der Waals surface area (Å²) < 4.78 is 6.21. The van der Waals surface area contributed by atoms with Crippen molar-refractivity contribution in [3.8, 4) is 0 Å². The van der Waals surface area contributed by atoms with Gasteiger partial charge < -0.3 is 31.0 Å². The Morgan fingerprint density at radius 3 is 2.09 bits per heavy atom. The molecule has 6 N–H and O–H groups in total. The van der Waals surface area contributed by atoms with E-state index in [1.54, 1.807) is 0 Å². The Morgan fingerprint density at radius 2 is 1.65 bits per heavy atom. The summed E-state index contributed by atoms with van der Waals surface area (Å²) in [5.74, 6) is 0. The smallest absolute Gasteiger partial charge is 0.211 e. The van der Waals surface area contributed by atoms with E-state index in [9.17, 15) is 5.11 Å². The number of nitrogens with zero attached hydrogens (tertiary/aromatic N) is 1. The molecule has 23 heavy (non-hydrogen) atoms. The third kappa shape index (κ3) is 9.76. The zero-order valence-electron chi connectivity index (χ0n) is 15.9. The van der Waals surface area contributed by atoms with E-state index < -0.39 is 20.1 Å². The number of hydrogen-bond donors (Lipinski definition) is 4. The van der Waals surface area contributed by atoms with E-state index >= 15 is 0 Å². The first kappa shape index (κ1) is 23.0. The molecule has 0 fully saturated rings. The average molecular weight is 350 g/mol. The molecule has 0 aliphatic rings. The molecule has 2 unspecified atom stereocenters. The number of nitrogens with two attached hydrogens (primary N) is 2. The van der Waals surface area contributed by atoms with Gasteiger partial charge in [-0.2, -0.15) is 0 Å². The van der Waals surface area contributed by atoms with Gasteiger partial charge in [-0.1, -0.05) is 0 Å². The van der Waals surface area contributed by atoms with E-state index in [1.165, 1.54) is 0 Å². The fourth-order valence-electron chi connectivity index (χ4n) is 2.57. The van der Waals surface area contributed by atoms with Crippen LogP contribution >= 0.6 is 0 Å². The molecule has 0 heterocycles. The van der Waals surface area contributed by atoms with Crippen LogP contribution in [0.2, 0.25) is 12.6 Å². The van der Waals surface area contributed by atoms with Gasteiger partial charge in [0.15, 0.2) is 0 Å². The van der Waals surface area contributed by atoms with E-state index in [4.69, 9.17) is 21.0 Å². The summed E-state index contributed by atoms with van der Waals surface area (Å²) in [6, 6.07) is 0.959. The molecule has 0 bridgehead atoms. The lowest BCUT2D eigenvalue weighted by atomic mass is 10.2. The molecule has 2 atom stereocenters. The fraction of sp³-hybridized carbons (Fsp3) is 1.00. The molecule has 0 aromatic heterocycles. The van der Waals surface area contributed by atoms with Crippen LogP contribution in [0.15, 0.2) is 0 Å². The largest absolute Gasteiger partial charge is 0.398 e. The molecule has 0 aliphatic heterocycles. The molecular formula is C16H39N3O3Si. The summed E-state index contributed by atoms with van der Waals surface area (Å²) in [6.45, 7) is 11.7. The van der Waals surface area contributed by atoms with Crippen molar-refractivity contribution in [2.24, 2.45) is 11.5 Å². The van der Waals surface area contributed by atoms with Crippen LogP contribution in [0.25, 0.3) is 0 Å². The Kier molecular flexibility index (Phi) is 9.45. The Morgan fingerprint density at radius 1 is 1.13 bits per heavy atom. The molecule has 0 aromatic carbocycles. The first-order valence-electron chi connectivity index (χ1n) is 8.56. The lowest BCUT2D eigenvalue weighted by Crippen LogP contribution is -2.64. The van der Waals surface area contributed by atoms with Gasteiger partial charge in [0.1, 0.15) is 0 Å². The van der Waals surface area contributed by atoms with Crippen LogP contribution in [0.4, 0.5) is 0 Å². The summed E-state index contributed by atoms with van der Waals surface area (Å²) in [5.41, 5.74) is 11.8. The van der Waals surface area contributed by atoms with Gasteiger partial charge in [0.2, 0.25) is 8.32 Å². The summed E-state index contributed by atoms with van der Waals surface area (Å²) >= 11 is 0. The Bertz CT molecular complexity index is 332. The van der Waals surface area contributed by atoms with Gasteiger partial charge in [0, 0.05) is 5.16 Å². The molecule has 140 valence electrons. The Balaban J connectivity index is 4.32. The zero-order chi connectivity index (χ0) is 18.3. The SMILES string of the molecule is CN(CCCC(O)CO)CCC[Si](C)(OC(C)(C)N)C(C)(C)N. The van der Waals surface area contributed by atoms with Crippen LogP contribution in [0.5, 0.6) is 0 Å². The Hall–Kier alpha value is -0.0231. The number of hydrogen-bond acceptors (Lipinski definition) is 6. The fourth-order valence-corrected chi connectivity index (χ4v) is 5.57. The summed E-state index contributed by atoms with van der Waals surface area (Å²) in [5, 5.41) is 17.8. The Labute approximate surface area is 143 Å². The number of aliphatic hydroxyl groups is 2. The molecule has 7 heteroatoms. The molecule has 0 radical (unpaired) electrons. The predicted molar refractivity (Wildman–Crippen MR) is 98.5 cm³/mol. The van der Waals surface area contributed by atoms with Crippen molar-refractivity contribution in [1.29, 1.82) is 0 Å². The van der Waals surface area contributed by atoms with E-state index in [-0.39, 0.29) is 11.8 Å². The van der Waals surface area contributed by atoms with Crippen LogP contribution in [0.1, 0.15) is 47.0 Å². The summed E-state index contributed by atoms with van der Waals surface area (Å²) in [6.07, 6.45) is 1.92. The molecular weight excluding hydrogens is 310 g/mol. The maximum Gasteiger partial charge on any atom is 0.211 e. The van der Waals surface area contributed by atoms with Gasteiger partial charge in [0.05, 0.1) is 18.4 Å². The highest BCUT2D eigenvalue weighted by atomic mass is 28.4. The monoisotopic (exact) mass is 349 g/mol. The van der Waals surface area contributed by atoms with E-state index in [1.807, 2.05) is 27.7 Å². The van der Waals surface area contributed by atoms with Gasteiger partial charge in [-0.3, -0.25) is 0 Å². The molecule has 0 aromatic rings. The van der Waals surface area contributed by atoms with Crippen molar-refractivity contribution in [3.63, 3.8) is 0 Å². The van der Waals surface area contributed by atoms with Crippen molar-refractivity contribution in [3.05, 3.63) is 0 Å². The van der Waals surface area contributed by atoms with Gasteiger partial charge >= 0.3 is 0 Å². The molecule has 0 saturated heterocycles. The normalized spacial score (nSPS) is 17.3. The second-order valence-corrected chi connectivity index (χ2v) is 12.5. The van der Waals surface area contributed by atoms with Crippen LogP contribution in [-0.4, -0.2) is 67.2 Å². The highest BCUT2D eigenvalue weighted by molar-refractivity contribution is 6.75. The molecule has 0 saturated carbocycles. The van der Waals surface area contributed by atoms with Crippen LogP contribution in [0.3, 0.4) is 0 Å². The molecule has 0 amide bonds. The van der Waals surface area contributed by atoms with E-state index in [0.29, 0.717) is 6.42 Å². The number of aliphatic hydroxyl groups excluding tert-OH is 2. The maximum atomic E-state index is 9.35. The van der Waals surface area contributed by atoms with Crippen molar-refractivity contribution < 1.29 is 14.6 Å². The summed E-state index contributed by atoms with van der Waals surface area (Å²) in [4.78, 5) is 2.25. The van der Waals surface area contributed by atoms with Gasteiger partial charge in [-0.15, -0.1) is 0 Å².